The van der Waals surface area contributed by atoms with E-state index in [1.54, 1.807) is 0 Å². The van der Waals surface area contributed by atoms with Gasteiger partial charge in [0.2, 0.25) is 0 Å². The van der Waals surface area contributed by atoms with Crippen molar-refractivity contribution >= 4 is 12.4 Å². The lowest BCUT2D eigenvalue weighted by Gasteiger charge is -2.28. The molecule has 0 spiro atoms. The summed E-state index contributed by atoms with van der Waals surface area (Å²) >= 11 is 0. The van der Waals surface area contributed by atoms with Crippen LogP contribution in [0, 0.1) is 12.3 Å². The van der Waals surface area contributed by atoms with Crippen LogP contribution in [0.4, 0.5) is 0 Å². The van der Waals surface area contributed by atoms with E-state index < -0.39 is 0 Å². The van der Waals surface area contributed by atoms with E-state index in [-0.39, 0.29) is 17.8 Å². The summed E-state index contributed by atoms with van der Waals surface area (Å²) < 4.78 is 0. The fourth-order valence-electron chi connectivity index (χ4n) is 1.75. The molecule has 0 aliphatic carbocycles. The molecule has 0 saturated heterocycles. The average Bonchev–Trinajstić information content (AvgIpc) is 2.21. The molecule has 17 heavy (non-hydrogen) atoms. The number of halogens is 1. The van der Waals surface area contributed by atoms with E-state index in [2.05, 4.69) is 42.9 Å². The molecule has 0 unspecified atom stereocenters. The first-order chi connectivity index (χ1) is 7.43. The molecule has 1 heterocycles. The summed E-state index contributed by atoms with van der Waals surface area (Å²) in [5.74, 6) is 0. The number of aromatic nitrogens is 1. The fourth-order valence-corrected chi connectivity index (χ4v) is 1.75. The second kappa shape index (κ2) is 6.94. The van der Waals surface area contributed by atoms with Gasteiger partial charge in [0.05, 0.1) is 0 Å². The monoisotopic (exact) mass is 257 g/mol. The third-order valence-electron chi connectivity index (χ3n) is 2.68. The Labute approximate surface area is 111 Å². The molecule has 4 heteroatoms. The minimum Gasteiger partial charge on any atom is -0.330 e. The highest BCUT2D eigenvalue weighted by Gasteiger charge is 2.17. The van der Waals surface area contributed by atoms with Crippen molar-refractivity contribution in [2.75, 3.05) is 20.1 Å². The molecule has 1 rings (SSSR count). The minimum atomic E-state index is 0. The number of hydrogen-bond donors (Lipinski definition) is 1. The lowest BCUT2D eigenvalue weighted by atomic mass is 9.93. The quantitative estimate of drug-likeness (QED) is 0.880. The van der Waals surface area contributed by atoms with E-state index in [1.807, 2.05) is 13.1 Å². The van der Waals surface area contributed by atoms with E-state index in [0.29, 0.717) is 6.54 Å². The van der Waals surface area contributed by atoms with Crippen molar-refractivity contribution in [3.8, 4) is 0 Å². The van der Waals surface area contributed by atoms with Crippen LogP contribution >= 0.6 is 12.4 Å². The third-order valence-corrected chi connectivity index (χ3v) is 2.68. The summed E-state index contributed by atoms with van der Waals surface area (Å²) in [6, 6.07) is 4.19. The maximum atomic E-state index is 5.73. The SMILES string of the molecule is Cc1ccc(CN(C)CC(C)(C)CN)cn1.Cl. The Hall–Kier alpha value is -0.640. The number of pyridine rings is 1. The molecular weight excluding hydrogens is 234 g/mol. The predicted molar refractivity (Wildman–Crippen MR) is 75.4 cm³/mol. The maximum Gasteiger partial charge on any atom is 0.0372 e. The first-order valence-electron chi connectivity index (χ1n) is 5.73. The Morgan fingerprint density at radius 1 is 1.35 bits per heavy atom. The normalized spacial score (nSPS) is 11.4. The van der Waals surface area contributed by atoms with Gasteiger partial charge in [-0.05, 0) is 37.6 Å². The van der Waals surface area contributed by atoms with Crippen molar-refractivity contribution in [1.29, 1.82) is 0 Å². The van der Waals surface area contributed by atoms with Gasteiger partial charge in [0.1, 0.15) is 0 Å². The molecule has 0 aliphatic rings. The first-order valence-corrected chi connectivity index (χ1v) is 5.73. The summed E-state index contributed by atoms with van der Waals surface area (Å²) in [4.78, 5) is 6.59. The van der Waals surface area contributed by atoms with Gasteiger partial charge in [-0.3, -0.25) is 4.98 Å². The van der Waals surface area contributed by atoms with Crippen molar-refractivity contribution in [3.63, 3.8) is 0 Å². The van der Waals surface area contributed by atoms with Crippen molar-refractivity contribution in [2.45, 2.75) is 27.3 Å². The number of nitrogens with zero attached hydrogens (tertiary/aromatic N) is 2. The van der Waals surface area contributed by atoms with Crippen molar-refractivity contribution < 1.29 is 0 Å². The van der Waals surface area contributed by atoms with Crippen LogP contribution in [0.2, 0.25) is 0 Å². The van der Waals surface area contributed by atoms with Gasteiger partial charge in [0, 0.05) is 25.0 Å². The molecule has 0 atom stereocenters. The van der Waals surface area contributed by atoms with Gasteiger partial charge in [0.15, 0.2) is 0 Å². The van der Waals surface area contributed by atoms with Gasteiger partial charge >= 0.3 is 0 Å². The van der Waals surface area contributed by atoms with Gasteiger partial charge < -0.3 is 10.6 Å². The third kappa shape index (κ3) is 6.01. The van der Waals surface area contributed by atoms with Crippen LogP contribution in [-0.4, -0.2) is 30.0 Å². The Bertz CT molecular complexity index is 322. The number of nitrogens with two attached hydrogens (primary N) is 1. The van der Waals surface area contributed by atoms with Gasteiger partial charge in [-0.2, -0.15) is 0 Å². The molecule has 0 radical (unpaired) electrons. The molecule has 0 fully saturated rings. The van der Waals surface area contributed by atoms with Gasteiger partial charge in [-0.15, -0.1) is 12.4 Å². The van der Waals surface area contributed by atoms with Crippen molar-refractivity contribution in [3.05, 3.63) is 29.6 Å². The molecule has 0 amide bonds. The molecule has 2 N–H and O–H groups in total. The van der Waals surface area contributed by atoms with Gasteiger partial charge in [0.25, 0.3) is 0 Å². The van der Waals surface area contributed by atoms with Crippen LogP contribution in [0.15, 0.2) is 18.3 Å². The molecular formula is C13H24ClN3. The average molecular weight is 258 g/mol. The summed E-state index contributed by atoms with van der Waals surface area (Å²) in [5, 5.41) is 0. The standard InChI is InChI=1S/C13H23N3.ClH/c1-11-5-6-12(7-15-11)8-16(4)10-13(2,3)9-14;/h5-7H,8-10,14H2,1-4H3;1H. The smallest absolute Gasteiger partial charge is 0.0372 e. The lowest BCUT2D eigenvalue weighted by molar-refractivity contribution is 0.209. The van der Waals surface area contributed by atoms with Crippen LogP contribution in [0.25, 0.3) is 0 Å². The minimum absolute atomic E-state index is 0. The van der Waals surface area contributed by atoms with Crippen molar-refractivity contribution in [2.24, 2.45) is 11.1 Å². The highest BCUT2D eigenvalue weighted by Crippen LogP contribution is 2.15. The Kier molecular flexibility index (Phi) is 6.68. The Balaban J connectivity index is 0.00000256. The fraction of sp³-hybridized carbons (Fsp3) is 0.615. The number of rotatable bonds is 5. The first kappa shape index (κ1) is 16.4. The summed E-state index contributed by atoms with van der Waals surface area (Å²) in [7, 11) is 2.12. The van der Waals surface area contributed by atoms with E-state index >= 15 is 0 Å². The van der Waals surface area contributed by atoms with Crippen LogP contribution < -0.4 is 5.73 Å². The maximum absolute atomic E-state index is 5.73. The molecule has 3 nitrogen and oxygen atoms in total. The molecule has 1 aromatic heterocycles. The van der Waals surface area contributed by atoms with Crippen molar-refractivity contribution in [1.82, 2.24) is 9.88 Å². The Morgan fingerprint density at radius 3 is 2.47 bits per heavy atom. The zero-order valence-corrected chi connectivity index (χ0v) is 12.0. The second-order valence-corrected chi connectivity index (χ2v) is 5.35. The largest absolute Gasteiger partial charge is 0.330 e. The van der Waals surface area contributed by atoms with E-state index in [1.165, 1.54) is 5.56 Å². The lowest BCUT2D eigenvalue weighted by Crippen LogP contribution is -2.36. The number of hydrogen-bond acceptors (Lipinski definition) is 3. The molecule has 0 aliphatic heterocycles. The summed E-state index contributed by atoms with van der Waals surface area (Å²) in [6.45, 7) is 9.02. The molecule has 1 aromatic rings. The molecule has 98 valence electrons. The van der Waals surface area contributed by atoms with Gasteiger partial charge in [-0.1, -0.05) is 19.9 Å². The topological polar surface area (TPSA) is 42.1 Å². The summed E-state index contributed by atoms with van der Waals surface area (Å²) in [5.41, 5.74) is 8.22. The van der Waals surface area contributed by atoms with Gasteiger partial charge in [-0.25, -0.2) is 0 Å². The Morgan fingerprint density at radius 2 is 2.00 bits per heavy atom. The van der Waals surface area contributed by atoms with Crippen LogP contribution in [0.5, 0.6) is 0 Å². The zero-order chi connectivity index (χ0) is 12.2. The van der Waals surface area contributed by atoms with Crippen LogP contribution in [0.1, 0.15) is 25.1 Å². The molecule has 0 saturated carbocycles. The zero-order valence-electron chi connectivity index (χ0n) is 11.2. The van der Waals surface area contributed by atoms with Crippen LogP contribution in [-0.2, 0) is 6.54 Å². The number of aryl methyl sites for hydroxylation is 1. The summed E-state index contributed by atoms with van der Waals surface area (Å²) in [6.07, 6.45) is 1.95. The second-order valence-electron chi connectivity index (χ2n) is 5.35. The molecule has 0 aromatic carbocycles. The predicted octanol–water partition coefficient (Wildman–Crippen LogP) is 2.23. The molecule has 0 bridgehead atoms. The van der Waals surface area contributed by atoms with E-state index in [0.717, 1.165) is 18.8 Å². The highest BCUT2D eigenvalue weighted by atomic mass is 35.5. The highest BCUT2D eigenvalue weighted by molar-refractivity contribution is 5.85. The van der Waals surface area contributed by atoms with E-state index in [9.17, 15) is 0 Å². The van der Waals surface area contributed by atoms with Crippen LogP contribution in [0.3, 0.4) is 0 Å². The van der Waals surface area contributed by atoms with E-state index in [4.69, 9.17) is 5.73 Å².